The molecule has 0 saturated heterocycles. The smallest absolute Gasteiger partial charge is 0.0545 e. The van der Waals surface area contributed by atoms with Crippen LogP contribution in [0.3, 0.4) is 0 Å². The average Bonchev–Trinajstić information content (AvgIpc) is 2.27. The van der Waals surface area contributed by atoms with Gasteiger partial charge >= 0.3 is 0 Å². The number of hydrogen-bond donors (Lipinski definition) is 1. The van der Waals surface area contributed by atoms with Gasteiger partial charge < -0.3 is 5.11 Å². The molecule has 2 unspecified atom stereocenters. The van der Waals surface area contributed by atoms with Gasteiger partial charge in [-0.3, -0.25) is 0 Å². The van der Waals surface area contributed by atoms with Gasteiger partial charge in [0.05, 0.1) is 6.10 Å². The van der Waals surface area contributed by atoms with E-state index in [2.05, 4.69) is 0 Å². The van der Waals surface area contributed by atoms with Crippen molar-refractivity contribution < 1.29 is 5.11 Å². The van der Waals surface area contributed by atoms with Gasteiger partial charge in [0.15, 0.2) is 0 Å². The molecule has 2 aliphatic rings. The van der Waals surface area contributed by atoms with Crippen LogP contribution in [0, 0.1) is 11.8 Å². The van der Waals surface area contributed by atoms with Crippen LogP contribution in [-0.4, -0.2) is 11.2 Å². The first-order valence-corrected chi connectivity index (χ1v) is 4.54. The van der Waals surface area contributed by atoms with Crippen LogP contribution in [0.4, 0.5) is 0 Å². The fraction of sp³-hybridized carbons (Fsp3) is 1.00. The minimum Gasteiger partial charge on any atom is -0.393 e. The van der Waals surface area contributed by atoms with E-state index in [-0.39, 0.29) is 6.10 Å². The largest absolute Gasteiger partial charge is 0.393 e. The first-order chi connectivity index (χ1) is 4.86. The summed E-state index contributed by atoms with van der Waals surface area (Å²) in [7, 11) is 0. The Morgan fingerprint density at radius 3 is 1.90 bits per heavy atom. The Balaban J connectivity index is 1.97. The second-order valence-electron chi connectivity index (χ2n) is 3.93. The van der Waals surface area contributed by atoms with E-state index in [4.69, 9.17) is 0 Å². The van der Waals surface area contributed by atoms with Crippen molar-refractivity contribution in [1.29, 1.82) is 0 Å². The van der Waals surface area contributed by atoms with E-state index in [0.29, 0.717) is 0 Å². The maximum atomic E-state index is 9.36. The lowest BCUT2D eigenvalue weighted by Crippen LogP contribution is -2.12. The molecule has 2 fully saturated rings. The zero-order valence-electron chi connectivity index (χ0n) is 6.42. The zero-order chi connectivity index (χ0) is 6.97. The topological polar surface area (TPSA) is 20.2 Å². The highest BCUT2D eigenvalue weighted by molar-refractivity contribution is 4.85. The summed E-state index contributed by atoms with van der Waals surface area (Å²) in [6.07, 6.45) is 7.86. The number of fused-ring (bicyclic) bond motifs is 1. The monoisotopic (exact) mass is 140 g/mol. The van der Waals surface area contributed by atoms with Crippen molar-refractivity contribution in [3.8, 4) is 0 Å². The van der Waals surface area contributed by atoms with Crippen molar-refractivity contribution in [2.45, 2.75) is 44.6 Å². The number of aliphatic hydroxyl groups excluding tert-OH is 1. The van der Waals surface area contributed by atoms with Gasteiger partial charge in [-0.15, -0.1) is 0 Å². The van der Waals surface area contributed by atoms with Crippen molar-refractivity contribution in [2.75, 3.05) is 0 Å². The summed E-state index contributed by atoms with van der Waals surface area (Å²) in [4.78, 5) is 0. The molecule has 0 spiro atoms. The maximum Gasteiger partial charge on any atom is 0.0545 e. The van der Waals surface area contributed by atoms with Crippen LogP contribution in [0.2, 0.25) is 0 Å². The fourth-order valence-electron chi connectivity index (χ4n) is 2.70. The molecule has 0 aromatic heterocycles. The molecule has 0 heterocycles. The van der Waals surface area contributed by atoms with Crippen LogP contribution in [0.1, 0.15) is 38.5 Å². The Bertz CT molecular complexity index is 108. The van der Waals surface area contributed by atoms with Crippen LogP contribution in [0.15, 0.2) is 0 Å². The lowest BCUT2D eigenvalue weighted by atomic mass is 9.82. The fourth-order valence-corrected chi connectivity index (χ4v) is 2.70. The first-order valence-electron chi connectivity index (χ1n) is 4.54. The Labute approximate surface area is 62.4 Å². The third-order valence-corrected chi connectivity index (χ3v) is 3.22. The van der Waals surface area contributed by atoms with E-state index in [0.717, 1.165) is 24.7 Å². The van der Waals surface area contributed by atoms with E-state index in [1.54, 1.807) is 0 Å². The van der Waals surface area contributed by atoms with Crippen LogP contribution in [-0.2, 0) is 0 Å². The molecular formula is C9H16O. The van der Waals surface area contributed by atoms with Crippen LogP contribution in [0.25, 0.3) is 0 Å². The van der Waals surface area contributed by atoms with E-state index in [9.17, 15) is 5.11 Å². The Morgan fingerprint density at radius 1 is 0.900 bits per heavy atom. The summed E-state index contributed by atoms with van der Waals surface area (Å²) in [6.45, 7) is 0. The average molecular weight is 140 g/mol. The molecule has 2 saturated carbocycles. The zero-order valence-corrected chi connectivity index (χ0v) is 6.42. The quantitative estimate of drug-likeness (QED) is 0.545. The summed E-state index contributed by atoms with van der Waals surface area (Å²) in [5, 5.41) is 9.36. The highest BCUT2D eigenvalue weighted by atomic mass is 16.3. The molecule has 1 nitrogen and oxygen atoms in total. The number of hydrogen-bond acceptors (Lipinski definition) is 1. The van der Waals surface area contributed by atoms with Crippen molar-refractivity contribution in [1.82, 2.24) is 0 Å². The molecule has 58 valence electrons. The van der Waals surface area contributed by atoms with E-state index in [1.807, 2.05) is 0 Å². The van der Waals surface area contributed by atoms with Crippen molar-refractivity contribution in [3.05, 3.63) is 0 Å². The molecule has 0 bridgehead atoms. The highest BCUT2D eigenvalue weighted by Crippen LogP contribution is 2.41. The van der Waals surface area contributed by atoms with Gasteiger partial charge in [0, 0.05) is 0 Å². The lowest BCUT2D eigenvalue weighted by Gasteiger charge is -2.23. The van der Waals surface area contributed by atoms with E-state index in [1.165, 1.54) is 25.7 Å². The molecular weight excluding hydrogens is 124 g/mol. The van der Waals surface area contributed by atoms with Gasteiger partial charge in [0.2, 0.25) is 0 Å². The second-order valence-corrected chi connectivity index (χ2v) is 3.93. The molecule has 0 aromatic carbocycles. The SMILES string of the molecule is OC1CC2CCCCC2C1. The Hall–Kier alpha value is -0.0400. The van der Waals surface area contributed by atoms with Gasteiger partial charge in [0.25, 0.3) is 0 Å². The minimum atomic E-state index is 0.0492. The van der Waals surface area contributed by atoms with Crippen LogP contribution < -0.4 is 0 Å². The Morgan fingerprint density at radius 2 is 1.40 bits per heavy atom. The molecule has 1 heteroatoms. The van der Waals surface area contributed by atoms with Gasteiger partial charge in [-0.25, -0.2) is 0 Å². The molecule has 0 amide bonds. The van der Waals surface area contributed by atoms with E-state index >= 15 is 0 Å². The van der Waals surface area contributed by atoms with Gasteiger partial charge in [-0.05, 0) is 24.7 Å². The predicted octanol–water partition coefficient (Wildman–Crippen LogP) is 1.95. The van der Waals surface area contributed by atoms with Crippen molar-refractivity contribution in [2.24, 2.45) is 11.8 Å². The second kappa shape index (κ2) is 2.54. The molecule has 0 aliphatic heterocycles. The summed E-state index contributed by atoms with van der Waals surface area (Å²) < 4.78 is 0. The number of rotatable bonds is 0. The van der Waals surface area contributed by atoms with E-state index < -0.39 is 0 Å². The molecule has 2 rings (SSSR count). The standard InChI is InChI=1S/C9H16O/c10-9-5-7-3-1-2-4-8(7)6-9/h7-10H,1-6H2. The third-order valence-electron chi connectivity index (χ3n) is 3.22. The van der Waals surface area contributed by atoms with Gasteiger partial charge in [-0.1, -0.05) is 25.7 Å². The summed E-state index contributed by atoms with van der Waals surface area (Å²) >= 11 is 0. The lowest BCUT2D eigenvalue weighted by molar-refractivity contribution is 0.175. The normalized spacial score (nSPS) is 47.1. The van der Waals surface area contributed by atoms with Crippen LogP contribution in [0.5, 0.6) is 0 Å². The molecule has 1 N–H and O–H groups in total. The van der Waals surface area contributed by atoms with Crippen molar-refractivity contribution >= 4 is 0 Å². The highest BCUT2D eigenvalue weighted by Gasteiger charge is 2.34. The number of aliphatic hydroxyl groups is 1. The molecule has 10 heavy (non-hydrogen) atoms. The van der Waals surface area contributed by atoms with Crippen molar-refractivity contribution in [3.63, 3.8) is 0 Å². The third kappa shape index (κ3) is 1.07. The molecule has 2 aliphatic carbocycles. The Kier molecular flexibility index (Phi) is 1.69. The predicted molar refractivity (Wildman–Crippen MR) is 40.7 cm³/mol. The molecule has 0 aromatic rings. The van der Waals surface area contributed by atoms with Crippen LogP contribution >= 0.6 is 0 Å². The summed E-state index contributed by atoms with van der Waals surface area (Å²) in [6, 6.07) is 0. The molecule has 0 radical (unpaired) electrons. The summed E-state index contributed by atoms with van der Waals surface area (Å²) in [5.41, 5.74) is 0. The minimum absolute atomic E-state index is 0.0492. The van der Waals surface area contributed by atoms with Gasteiger partial charge in [0.1, 0.15) is 0 Å². The maximum absolute atomic E-state index is 9.36. The molecule has 2 atom stereocenters. The van der Waals surface area contributed by atoms with Gasteiger partial charge in [-0.2, -0.15) is 0 Å². The first kappa shape index (κ1) is 6.66. The summed E-state index contributed by atoms with van der Waals surface area (Å²) in [5.74, 6) is 1.78.